The Morgan fingerprint density at radius 2 is 1.90 bits per heavy atom. The smallest absolute Gasteiger partial charge is 0.219 e. The van der Waals surface area contributed by atoms with Crippen molar-refractivity contribution in [1.29, 1.82) is 0 Å². The second-order valence-electron chi connectivity index (χ2n) is 7.87. The van der Waals surface area contributed by atoms with Crippen molar-refractivity contribution in [2.45, 2.75) is 46.6 Å². The van der Waals surface area contributed by atoms with E-state index < -0.39 is 0 Å². The molecule has 0 radical (unpaired) electrons. The number of aryl methyl sites for hydroxylation is 1. The van der Waals surface area contributed by atoms with Gasteiger partial charge in [0.05, 0.1) is 6.61 Å². The molecule has 176 valence electrons. The molecule has 0 bridgehead atoms. The number of benzene rings is 1. The van der Waals surface area contributed by atoms with Crippen LogP contribution in [0.15, 0.2) is 23.2 Å². The number of ether oxygens (including phenoxy) is 1. The Morgan fingerprint density at radius 1 is 1.16 bits per heavy atom. The van der Waals surface area contributed by atoms with E-state index in [0.29, 0.717) is 6.54 Å². The third-order valence-electron chi connectivity index (χ3n) is 5.44. The van der Waals surface area contributed by atoms with Crippen molar-refractivity contribution in [3.05, 3.63) is 29.3 Å². The molecule has 8 heteroatoms. The molecular weight excluding hydrogens is 505 g/mol. The number of amides is 1. The fourth-order valence-electron chi connectivity index (χ4n) is 3.49. The van der Waals surface area contributed by atoms with Crippen LogP contribution in [-0.4, -0.2) is 74.6 Å². The monoisotopic (exact) mass is 545 g/mol. The summed E-state index contributed by atoms with van der Waals surface area (Å²) < 4.78 is 6.04. The number of carbonyl (C=O) groups excluding carboxylic acids is 1. The molecule has 1 fully saturated rings. The average molecular weight is 546 g/mol. The lowest BCUT2D eigenvalue weighted by molar-refractivity contribution is -0.130. The number of carbonyl (C=O) groups is 1. The van der Waals surface area contributed by atoms with E-state index in [-0.39, 0.29) is 29.9 Å². The highest BCUT2D eigenvalue weighted by atomic mass is 127. The van der Waals surface area contributed by atoms with Gasteiger partial charge in [-0.25, -0.2) is 0 Å². The van der Waals surface area contributed by atoms with E-state index in [2.05, 4.69) is 52.6 Å². The van der Waals surface area contributed by atoms with E-state index in [0.717, 1.165) is 69.6 Å². The molecule has 0 atom stereocenters. The summed E-state index contributed by atoms with van der Waals surface area (Å²) in [5, 5.41) is 6.78. The molecule has 1 aliphatic heterocycles. The Hall–Kier alpha value is -1.55. The molecule has 0 spiro atoms. The van der Waals surface area contributed by atoms with Gasteiger partial charge in [-0.1, -0.05) is 31.9 Å². The number of aliphatic imine (C=N–C) groups is 1. The Bertz CT molecular complexity index is 691. The van der Waals surface area contributed by atoms with E-state index in [1.165, 1.54) is 18.4 Å². The summed E-state index contributed by atoms with van der Waals surface area (Å²) in [6.07, 6.45) is 3.47. The molecule has 1 saturated heterocycles. The molecule has 2 rings (SSSR count). The largest absolute Gasteiger partial charge is 0.493 e. The van der Waals surface area contributed by atoms with Crippen molar-refractivity contribution < 1.29 is 9.53 Å². The van der Waals surface area contributed by atoms with Gasteiger partial charge in [0.2, 0.25) is 5.91 Å². The highest BCUT2D eigenvalue weighted by Crippen LogP contribution is 2.20. The van der Waals surface area contributed by atoms with Gasteiger partial charge < -0.3 is 20.3 Å². The van der Waals surface area contributed by atoms with Crippen molar-refractivity contribution in [1.82, 2.24) is 20.4 Å². The van der Waals surface area contributed by atoms with Crippen molar-refractivity contribution in [3.8, 4) is 5.75 Å². The van der Waals surface area contributed by atoms with Crippen LogP contribution < -0.4 is 15.4 Å². The third kappa shape index (κ3) is 10.1. The summed E-state index contributed by atoms with van der Waals surface area (Å²) in [5.41, 5.74) is 2.34. The molecular formula is C23H40IN5O2. The molecule has 0 aromatic heterocycles. The van der Waals surface area contributed by atoms with Crippen LogP contribution in [0.3, 0.4) is 0 Å². The second-order valence-corrected chi connectivity index (χ2v) is 7.87. The molecule has 7 nitrogen and oxygen atoms in total. The van der Waals surface area contributed by atoms with Crippen LogP contribution in [0.4, 0.5) is 0 Å². The Kier molecular flexibility index (Phi) is 13.6. The number of unbranched alkanes of at least 4 members (excludes halogenated alkanes) is 2. The predicted molar refractivity (Wildman–Crippen MR) is 139 cm³/mol. The van der Waals surface area contributed by atoms with Crippen LogP contribution >= 0.6 is 24.0 Å². The van der Waals surface area contributed by atoms with Crippen LogP contribution in [0.25, 0.3) is 0 Å². The second kappa shape index (κ2) is 15.3. The number of hydrogen-bond donors (Lipinski definition) is 2. The first-order chi connectivity index (χ1) is 14.5. The highest BCUT2D eigenvalue weighted by molar-refractivity contribution is 14.0. The number of hydrogen-bond acceptors (Lipinski definition) is 4. The number of nitrogens with one attached hydrogen (secondary N) is 2. The van der Waals surface area contributed by atoms with E-state index in [1.54, 1.807) is 14.0 Å². The Labute approximate surface area is 205 Å². The average Bonchev–Trinajstić information content (AvgIpc) is 2.75. The summed E-state index contributed by atoms with van der Waals surface area (Å²) in [6, 6.07) is 6.35. The van der Waals surface area contributed by atoms with Crippen molar-refractivity contribution >= 4 is 35.8 Å². The maximum atomic E-state index is 11.4. The third-order valence-corrected chi connectivity index (χ3v) is 5.44. The van der Waals surface area contributed by atoms with Gasteiger partial charge in [0.15, 0.2) is 5.96 Å². The number of halogens is 1. The van der Waals surface area contributed by atoms with Gasteiger partial charge in [-0.3, -0.25) is 14.7 Å². The summed E-state index contributed by atoms with van der Waals surface area (Å²) in [7, 11) is 1.79. The minimum absolute atomic E-state index is 0. The standard InChI is InChI=1S/C23H39N5O2.HI/c1-5-6-7-16-30-22-17-19(2)8-9-21(22)18-26-23(24-4)25-10-11-27-12-14-28(15-13-27)20(3)29;/h8-9,17H,5-7,10-16,18H2,1-4H3,(H2,24,25,26);1H. The van der Waals surface area contributed by atoms with Gasteiger partial charge in [0, 0.05) is 65.3 Å². The minimum Gasteiger partial charge on any atom is -0.493 e. The quantitative estimate of drug-likeness (QED) is 0.205. The molecule has 1 aromatic carbocycles. The zero-order chi connectivity index (χ0) is 21.8. The first-order valence-corrected chi connectivity index (χ1v) is 11.2. The first kappa shape index (κ1) is 27.5. The minimum atomic E-state index is 0. The SMILES string of the molecule is CCCCCOc1cc(C)ccc1CNC(=NC)NCCN1CCN(C(C)=O)CC1.I. The van der Waals surface area contributed by atoms with Crippen LogP contribution in [0.5, 0.6) is 5.75 Å². The van der Waals surface area contributed by atoms with E-state index in [4.69, 9.17) is 4.74 Å². The molecule has 0 unspecified atom stereocenters. The summed E-state index contributed by atoms with van der Waals surface area (Å²) in [6.45, 7) is 12.6. The van der Waals surface area contributed by atoms with Gasteiger partial charge in [-0.2, -0.15) is 0 Å². The molecule has 1 heterocycles. The molecule has 1 amide bonds. The van der Waals surface area contributed by atoms with Gasteiger partial charge in [-0.05, 0) is 25.0 Å². The lowest BCUT2D eigenvalue weighted by Gasteiger charge is -2.34. The topological polar surface area (TPSA) is 69.2 Å². The maximum Gasteiger partial charge on any atom is 0.219 e. The zero-order valence-corrected chi connectivity index (χ0v) is 21.9. The van der Waals surface area contributed by atoms with E-state index in [1.807, 2.05) is 4.90 Å². The van der Waals surface area contributed by atoms with Crippen molar-refractivity contribution in [3.63, 3.8) is 0 Å². The highest BCUT2D eigenvalue weighted by Gasteiger charge is 2.18. The van der Waals surface area contributed by atoms with Crippen LogP contribution in [0, 0.1) is 6.92 Å². The first-order valence-electron chi connectivity index (χ1n) is 11.2. The van der Waals surface area contributed by atoms with Gasteiger partial charge in [-0.15, -0.1) is 24.0 Å². The van der Waals surface area contributed by atoms with Gasteiger partial charge in [0.1, 0.15) is 5.75 Å². The van der Waals surface area contributed by atoms with Crippen LogP contribution in [0.1, 0.15) is 44.2 Å². The van der Waals surface area contributed by atoms with Crippen LogP contribution in [0.2, 0.25) is 0 Å². The fraction of sp³-hybridized carbons (Fsp3) is 0.652. The Balaban J connectivity index is 0.00000480. The van der Waals surface area contributed by atoms with Crippen LogP contribution in [-0.2, 0) is 11.3 Å². The fourth-order valence-corrected chi connectivity index (χ4v) is 3.49. The van der Waals surface area contributed by atoms with Crippen molar-refractivity contribution in [2.24, 2.45) is 4.99 Å². The summed E-state index contributed by atoms with van der Waals surface area (Å²) >= 11 is 0. The lowest BCUT2D eigenvalue weighted by Crippen LogP contribution is -2.50. The van der Waals surface area contributed by atoms with Gasteiger partial charge in [0.25, 0.3) is 0 Å². The number of piperazine rings is 1. The Morgan fingerprint density at radius 3 is 2.55 bits per heavy atom. The molecule has 31 heavy (non-hydrogen) atoms. The normalized spacial score (nSPS) is 14.7. The summed E-state index contributed by atoms with van der Waals surface area (Å²) in [4.78, 5) is 20.1. The number of guanidine groups is 1. The molecule has 0 saturated carbocycles. The molecule has 1 aliphatic rings. The number of nitrogens with zero attached hydrogens (tertiary/aromatic N) is 3. The zero-order valence-electron chi connectivity index (χ0n) is 19.6. The molecule has 2 N–H and O–H groups in total. The molecule has 1 aromatic rings. The number of rotatable bonds is 10. The van der Waals surface area contributed by atoms with Crippen molar-refractivity contribution in [2.75, 3.05) is 52.9 Å². The maximum absolute atomic E-state index is 11.4. The van der Waals surface area contributed by atoms with Gasteiger partial charge >= 0.3 is 0 Å². The van der Waals surface area contributed by atoms with E-state index in [9.17, 15) is 4.79 Å². The van der Waals surface area contributed by atoms with E-state index >= 15 is 0 Å². The predicted octanol–water partition coefficient (Wildman–Crippen LogP) is 3.01. The lowest BCUT2D eigenvalue weighted by atomic mass is 10.1. The molecule has 0 aliphatic carbocycles. The summed E-state index contributed by atoms with van der Waals surface area (Å²) in [5.74, 6) is 1.91.